The van der Waals surface area contributed by atoms with Crippen LogP contribution in [0, 0.1) is 12.8 Å². The van der Waals surface area contributed by atoms with Crippen LogP contribution in [0.3, 0.4) is 0 Å². The number of guanidine groups is 1. The normalized spacial score (nSPS) is 11.7. The second-order valence-electron chi connectivity index (χ2n) is 5.02. The minimum absolute atomic E-state index is 0.483. The summed E-state index contributed by atoms with van der Waals surface area (Å²) in [5, 5.41) is 3.10. The van der Waals surface area contributed by atoms with Gasteiger partial charge < -0.3 is 15.8 Å². The van der Waals surface area contributed by atoms with Crippen molar-refractivity contribution in [2.45, 2.75) is 34.2 Å². The van der Waals surface area contributed by atoms with E-state index in [0.29, 0.717) is 25.0 Å². The molecule has 4 nitrogen and oxygen atoms in total. The zero-order valence-corrected chi connectivity index (χ0v) is 12.4. The minimum Gasteiger partial charge on any atom is -0.494 e. The van der Waals surface area contributed by atoms with Gasteiger partial charge >= 0.3 is 0 Å². The standard InChI is InChI=1S/C15H25N3O/c1-5-19-14-8-12(4)6-7-13(14)10-18-15(16)17-9-11(2)3/h6-8,11H,5,9-10H2,1-4H3,(H3,16,17,18). The van der Waals surface area contributed by atoms with Crippen LogP contribution in [0.15, 0.2) is 23.2 Å². The van der Waals surface area contributed by atoms with E-state index in [1.807, 2.05) is 26.0 Å². The Hall–Kier alpha value is -1.71. The highest BCUT2D eigenvalue weighted by molar-refractivity contribution is 5.77. The summed E-state index contributed by atoms with van der Waals surface area (Å²) in [5.41, 5.74) is 8.06. The molecule has 1 aromatic carbocycles. The van der Waals surface area contributed by atoms with Gasteiger partial charge in [0.1, 0.15) is 5.75 Å². The molecule has 0 saturated carbocycles. The van der Waals surface area contributed by atoms with Gasteiger partial charge in [0.25, 0.3) is 0 Å². The van der Waals surface area contributed by atoms with E-state index in [9.17, 15) is 0 Å². The lowest BCUT2D eigenvalue weighted by Crippen LogP contribution is -2.34. The van der Waals surface area contributed by atoms with Crippen LogP contribution in [0.4, 0.5) is 0 Å². The first kappa shape index (κ1) is 15.3. The number of benzene rings is 1. The average molecular weight is 263 g/mol. The van der Waals surface area contributed by atoms with Crippen molar-refractivity contribution < 1.29 is 4.74 Å². The molecule has 0 atom stereocenters. The summed E-state index contributed by atoms with van der Waals surface area (Å²) in [6.45, 7) is 10.3. The summed E-state index contributed by atoms with van der Waals surface area (Å²) in [7, 11) is 0. The molecule has 106 valence electrons. The molecule has 4 heteroatoms. The Morgan fingerprint density at radius 2 is 2.16 bits per heavy atom. The number of nitrogens with one attached hydrogen (secondary N) is 1. The lowest BCUT2D eigenvalue weighted by atomic mass is 10.1. The number of nitrogens with two attached hydrogens (primary N) is 1. The van der Waals surface area contributed by atoms with Gasteiger partial charge in [-0.25, -0.2) is 4.99 Å². The summed E-state index contributed by atoms with van der Waals surface area (Å²) < 4.78 is 5.62. The maximum Gasteiger partial charge on any atom is 0.188 e. The van der Waals surface area contributed by atoms with Crippen molar-refractivity contribution in [1.29, 1.82) is 0 Å². The molecular weight excluding hydrogens is 238 g/mol. The average Bonchev–Trinajstić information content (AvgIpc) is 2.35. The minimum atomic E-state index is 0.483. The summed E-state index contributed by atoms with van der Waals surface area (Å²) in [4.78, 5) is 4.34. The molecule has 0 heterocycles. The van der Waals surface area contributed by atoms with E-state index >= 15 is 0 Å². The van der Waals surface area contributed by atoms with Crippen molar-refractivity contribution in [3.63, 3.8) is 0 Å². The maximum absolute atomic E-state index is 5.82. The number of ether oxygens (including phenoxy) is 1. The molecule has 19 heavy (non-hydrogen) atoms. The third-order valence-electron chi connectivity index (χ3n) is 2.63. The first-order chi connectivity index (χ1) is 9.02. The van der Waals surface area contributed by atoms with Crippen LogP contribution in [0.25, 0.3) is 0 Å². The smallest absolute Gasteiger partial charge is 0.188 e. The predicted molar refractivity (Wildman–Crippen MR) is 80.5 cm³/mol. The lowest BCUT2D eigenvalue weighted by molar-refractivity contribution is 0.336. The Bertz CT molecular complexity index is 427. The Labute approximate surface area is 116 Å². The molecule has 0 spiro atoms. The van der Waals surface area contributed by atoms with Gasteiger partial charge in [-0.3, -0.25) is 0 Å². The molecule has 1 aromatic rings. The molecule has 0 aliphatic rings. The number of aryl methyl sites for hydroxylation is 1. The maximum atomic E-state index is 5.82. The van der Waals surface area contributed by atoms with Crippen LogP contribution >= 0.6 is 0 Å². The van der Waals surface area contributed by atoms with Gasteiger partial charge in [-0.2, -0.15) is 0 Å². The Balaban J connectivity index is 2.68. The Kier molecular flexibility index (Phi) is 6.19. The third kappa shape index (κ3) is 5.64. The third-order valence-corrected chi connectivity index (χ3v) is 2.63. The molecule has 0 aromatic heterocycles. The second kappa shape index (κ2) is 7.67. The zero-order valence-electron chi connectivity index (χ0n) is 12.4. The van der Waals surface area contributed by atoms with Gasteiger partial charge in [0.2, 0.25) is 0 Å². The van der Waals surface area contributed by atoms with Gasteiger partial charge in [0.05, 0.1) is 13.2 Å². The number of aliphatic imine (C=N–C) groups is 1. The molecule has 0 unspecified atom stereocenters. The number of hydrogen-bond donors (Lipinski definition) is 2. The highest BCUT2D eigenvalue weighted by Gasteiger charge is 2.03. The van der Waals surface area contributed by atoms with E-state index in [-0.39, 0.29) is 0 Å². The largest absolute Gasteiger partial charge is 0.494 e. The topological polar surface area (TPSA) is 59.6 Å². The molecule has 0 saturated heterocycles. The Morgan fingerprint density at radius 1 is 1.42 bits per heavy atom. The van der Waals surface area contributed by atoms with Crippen LogP contribution in [-0.2, 0) is 6.54 Å². The van der Waals surface area contributed by atoms with Crippen LogP contribution in [0.5, 0.6) is 5.75 Å². The molecule has 0 aliphatic heterocycles. The molecule has 0 radical (unpaired) electrons. The van der Waals surface area contributed by atoms with Crippen molar-refractivity contribution in [3.8, 4) is 5.75 Å². The van der Waals surface area contributed by atoms with E-state index in [0.717, 1.165) is 17.9 Å². The first-order valence-corrected chi connectivity index (χ1v) is 6.79. The molecule has 0 amide bonds. The second-order valence-corrected chi connectivity index (χ2v) is 5.02. The molecule has 0 aliphatic carbocycles. The first-order valence-electron chi connectivity index (χ1n) is 6.79. The van der Waals surface area contributed by atoms with Crippen LogP contribution in [0.1, 0.15) is 31.9 Å². The van der Waals surface area contributed by atoms with E-state index < -0.39 is 0 Å². The van der Waals surface area contributed by atoms with Gasteiger partial charge in [-0.05, 0) is 31.4 Å². The molecule has 0 fully saturated rings. The fourth-order valence-corrected chi connectivity index (χ4v) is 1.62. The van der Waals surface area contributed by atoms with Crippen LogP contribution < -0.4 is 15.8 Å². The van der Waals surface area contributed by atoms with Crippen molar-refractivity contribution in [2.24, 2.45) is 16.6 Å². The number of hydrogen-bond acceptors (Lipinski definition) is 2. The molecule has 1 rings (SSSR count). The van der Waals surface area contributed by atoms with Crippen molar-refractivity contribution >= 4 is 5.96 Å². The molecular formula is C15H25N3O. The van der Waals surface area contributed by atoms with E-state index in [2.05, 4.69) is 30.2 Å². The lowest BCUT2D eigenvalue weighted by Gasteiger charge is -2.11. The van der Waals surface area contributed by atoms with Gasteiger partial charge in [-0.15, -0.1) is 0 Å². The highest BCUT2D eigenvalue weighted by Crippen LogP contribution is 2.21. The summed E-state index contributed by atoms with van der Waals surface area (Å²) in [6.07, 6.45) is 0. The summed E-state index contributed by atoms with van der Waals surface area (Å²) >= 11 is 0. The quantitative estimate of drug-likeness (QED) is 0.612. The zero-order chi connectivity index (χ0) is 14.3. The van der Waals surface area contributed by atoms with Gasteiger partial charge in [0.15, 0.2) is 5.96 Å². The Morgan fingerprint density at radius 3 is 2.79 bits per heavy atom. The van der Waals surface area contributed by atoms with Crippen molar-refractivity contribution in [3.05, 3.63) is 29.3 Å². The van der Waals surface area contributed by atoms with Crippen LogP contribution in [0.2, 0.25) is 0 Å². The highest BCUT2D eigenvalue weighted by atomic mass is 16.5. The van der Waals surface area contributed by atoms with E-state index in [4.69, 9.17) is 10.5 Å². The monoisotopic (exact) mass is 263 g/mol. The number of nitrogens with zero attached hydrogens (tertiary/aromatic N) is 1. The fraction of sp³-hybridized carbons (Fsp3) is 0.533. The van der Waals surface area contributed by atoms with E-state index in [1.54, 1.807) is 0 Å². The predicted octanol–water partition coefficient (Wildman–Crippen LogP) is 2.45. The molecule has 3 N–H and O–H groups in total. The van der Waals surface area contributed by atoms with E-state index in [1.165, 1.54) is 5.56 Å². The van der Waals surface area contributed by atoms with Crippen molar-refractivity contribution in [2.75, 3.05) is 13.2 Å². The van der Waals surface area contributed by atoms with Crippen LogP contribution in [-0.4, -0.2) is 19.1 Å². The number of rotatable bonds is 6. The van der Waals surface area contributed by atoms with Crippen molar-refractivity contribution in [1.82, 2.24) is 5.32 Å². The summed E-state index contributed by atoms with van der Waals surface area (Å²) in [5.74, 6) is 1.92. The fourth-order valence-electron chi connectivity index (χ4n) is 1.62. The molecule has 0 bridgehead atoms. The van der Waals surface area contributed by atoms with Gasteiger partial charge in [-0.1, -0.05) is 26.0 Å². The summed E-state index contributed by atoms with van der Waals surface area (Å²) in [6, 6.07) is 6.14. The SMILES string of the molecule is CCOc1cc(C)ccc1CN=C(N)NCC(C)C. The van der Waals surface area contributed by atoms with Gasteiger partial charge in [0, 0.05) is 12.1 Å².